The molecule has 0 aromatic heterocycles. The second-order valence-electron chi connectivity index (χ2n) is 0. The van der Waals surface area contributed by atoms with Gasteiger partial charge in [-0.2, -0.15) is 0 Å². The molecule has 0 fully saturated rings. The first-order valence-electron chi connectivity index (χ1n) is 0. The summed E-state index contributed by atoms with van der Waals surface area (Å²) in [7, 11) is 0. The quantitative estimate of drug-likeness (QED) is 0.555. The highest BCUT2D eigenvalue weighted by Gasteiger charge is -0.0764. The Morgan fingerprint density at radius 3 is 0.500 bits per heavy atom. The van der Waals surface area contributed by atoms with Crippen molar-refractivity contribution in [2.45, 2.75) is 14.9 Å². The zero-order valence-electron chi connectivity index (χ0n) is 0.816. The summed E-state index contributed by atoms with van der Waals surface area (Å²) in [5.74, 6) is 0. The molecule has 0 aromatic rings. The van der Waals surface area contributed by atoms with Gasteiger partial charge in [0.2, 0.25) is 0 Å². The van der Waals surface area contributed by atoms with Crippen LogP contribution in [0.25, 0.3) is 0 Å². The normalized spacial score (nSPS) is 0. The summed E-state index contributed by atoms with van der Waals surface area (Å²) in [6.07, 6.45) is 0. The van der Waals surface area contributed by atoms with Gasteiger partial charge in [-0.15, -0.1) is 34.0 Å². The minimum atomic E-state index is 0. The van der Waals surface area contributed by atoms with E-state index in [2.05, 4.69) is 0 Å². The van der Waals surface area contributed by atoms with Gasteiger partial charge in [0.1, 0.15) is 0 Å². The Balaban J connectivity index is 0. The highest BCUT2D eigenvalue weighted by Crippen LogP contribution is 0.847. The Hall–Kier alpha value is 0.960. The molecule has 0 saturated carbocycles. The first kappa shape index (κ1) is 84.4. The Bertz CT molecular complexity index is 4.00. The second-order valence-corrected chi connectivity index (χ2v) is 0. The minimum absolute atomic E-state index is 0. The third-order valence-electron chi connectivity index (χ3n) is 0. The zero-order valence-corrected chi connectivity index (χ0v) is 4.24. The monoisotopic (exact) mass is 192 g/mol. The number of hydrogen-bond acceptors (Lipinski definition) is 0. The van der Waals surface area contributed by atoms with E-state index in [-0.39, 0.29) is 48.8 Å². The molecule has 0 nitrogen and oxygen atoms in total. The lowest BCUT2D eigenvalue weighted by atomic mass is 12.0. The van der Waals surface area contributed by atoms with E-state index in [1.807, 2.05) is 0 Å². The molecular weight excluding hydrogens is 184 g/mol. The van der Waals surface area contributed by atoms with E-state index in [0.717, 1.165) is 0 Å². The average Bonchev–Trinajstić information content (AvgIpc) is 0. The lowest BCUT2D eigenvalue weighted by Crippen LogP contribution is 0.143. The molecule has 32 valence electrons. The molecule has 0 aliphatic rings. The van der Waals surface area contributed by atoms with Crippen LogP contribution in [0.1, 0.15) is 14.9 Å². The van der Waals surface area contributed by atoms with Crippen LogP contribution in [0.3, 0.4) is 0 Å². The van der Waals surface area contributed by atoms with Gasteiger partial charge in [-0.1, -0.05) is 14.9 Å². The summed E-state index contributed by atoms with van der Waals surface area (Å²) in [5, 5.41) is 0. The molecule has 0 aromatic carbocycles. The van der Waals surface area contributed by atoms with Gasteiger partial charge in [-0.3, -0.25) is 0 Å². The Morgan fingerprint density at radius 2 is 0.500 bits per heavy atom. The molecule has 2 heteroatoms. The van der Waals surface area contributed by atoms with Crippen molar-refractivity contribution in [3.63, 3.8) is 0 Å². The molecule has 0 aliphatic heterocycles. The number of rotatable bonds is 0. The fraction of sp³-hybridized carbons (Fsp3) is 1.00. The van der Waals surface area contributed by atoms with Crippen LogP contribution in [-0.2, 0) is 0 Å². The Morgan fingerprint density at radius 1 is 0.500 bits per heavy atom. The molecule has 0 unspecified atom stereocenters. The molecule has 0 spiro atoms. The van der Waals surface area contributed by atoms with E-state index in [1.54, 1.807) is 0 Å². The largest absolute Gasteiger partial charge is 0.114 e. The highest BCUT2D eigenvalue weighted by atomic mass is 79.9. The Kier molecular flexibility index (Phi) is 794. The predicted molar refractivity (Wildman–Crippen MR) is 34.1 cm³/mol. The van der Waals surface area contributed by atoms with Crippen molar-refractivity contribution >= 4 is 34.0 Å². The van der Waals surface area contributed by atoms with Crippen molar-refractivity contribution in [3.8, 4) is 0 Å². The van der Waals surface area contributed by atoms with Gasteiger partial charge in [0.15, 0.2) is 0 Å². The van der Waals surface area contributed by atoms with Crippen LogP contribution in [-0.4, -0.2) is 0 Å². The molecular formula is C2H10Br2. The number of hydrogen-bond donors (Lipinski definition) is 0. The van der Waals surface area contributed by atoms with Crippen LogP contribution >= 0.6 is 34.0 Å². The van der Waals surface area contributed by atoms with Crippen LogP contribution in [0.4, 0.5) is 0 Å². The SMILES string of the molecule is Br.Br.C.C. The summed E-state index contributed by atoms with van der Waals surface area (Å²) >= 11 is 0. The molecule has 0 rings (SSSR count). The summed E-state index contributed by atoms with van der Waals surface area (Å²) in [5.41, 5.74) is 0. The van der Waals surface area contributed by atoms with E-state index in [4.69, 9.17) is 0 Å². The van der Waals surface area contributed by atoms with E-state index in [0.29, 0.717) is 0 Å². The fourth-order valence-electron chi connectivity index (χ4n) is 0. The van der Waals surface area contributed by atoms with Crippen molar-refractivity contribution in [2.24, 2.45) is 0 Å². The van der Waals surface area contributed by atoms with Gasteiger partial charge in [0.25, 0.3) is 0 Å². The second kappa shape index (κ2) is 37.6. The topological polar surface area (TPSA) is 0 Å². The zero-order chi connectivity index (χ0) is 0. The predicted octanol–water partition coefficient (Wildman–Crippen LogP) is 2.43. The smallest absolute Gasteiger partial charge is 0.0776 e. The summed E-state index contributed by atoms with van der Waals surface area (Å²) < 4.78 is 0. The summed E-state index contributed by atoms with van der Waals surface area (Å²) in [4.78, 5) is 0. The molecule has 0 aliphatic carbocycles. The molecule has 0 saturated heterocycles. The molecule has 0 N–H and O–H groups in total. The maximum atomic E-state index is 0. The molecule has 0 radical (unpaired) electrons. The lowest BCUT2D eigenvalue weighted by Gasteiger charge is -0.115. The van der Waals surface area contributed by atoms with E-state index in [1.165, 1.54) is 0 Å². The summed E-state index contributed by atoms with van der Waals surface area (Å²) in [6, 6.07) is 0. The van der Waals surface area contributed by atoms with Crippen LogP contribution in [0.5, 0.6) is 0 Å². The molecule has 0 amide bonds. The average molecular weight is 194 g/mol. The van der Waals surface area contributed by atoms with Crippen LogP contribution in [0.2, 0.25) is 0 Å². The van der Waals surface area contributed by atoms with Crippen LogP contribution in [0, 0.1) is 0 Å². The molecule has 4 heavy (non-hydrogen) atoms. The van der Waals surface area contributed by atoms with Crippen LogP contribution < -0.4 is 0 Å². The van der Waals surface area contributed by atoms with Crippen molar-refractivity contribution in [3.05, 3.63) is 0 Å². The van der Waals surface area contributed by atoms with E-state index in [9.17, 15) is 0 Å². The van der Waals surface area contributed by atoms with Crippen molar-refractivity contribution in [1.82, 2.24) is 0 Å². The molecule has 0 bridgehead atoms. The van der Waals surface area contributed by atoms with E-state index < -0.39 is 0 Å². The van der Waals surface area contributed by atoms with Gasteiger partial charge in [-0.25, -0.2) is 0 Å². The standard InChI is InChI=1S/2CH4.2BrH/h2*1H4;2*1H. The maximum Gasteiger partial charge on any atom is -0.0776 e. The van der Waals surface area contributed by atoms with Gasteiger partial charge in [0.05, 0.1) is 0 Å². The maximum absolute atomic E-state index is 0. The van der Waals surface area contributed by atoms with Crippen molar-refractivity contribution in [1.29, 1.82) is 0 Å². The van der Waals surface area contributed by atoms with Crippen LogP contribution in [0.15, 0.2) is 0 Å². The lowest BCUT2D eigenvalue weighted by molar-refractivity contribution is 2.50. The fourth-order valence-corrected chi connectivity index (χ4v) is 0. The van der Waals surface area contributed by atoms with Crippen molar-refractivity contribution < 1.29 is 0 Å². The third kappa shape index (κ3) is 12.3. The van der Waals surface area contributed by atoms with E-state index >= 15 is 0 Å². The highest BCUT2D eigenvalue weighted by molar-refractivity contribution is 8.93. The first-order chi connectivity index (χ1) is 0. The van der Waals surface area contributed by atoms with Crippen molar-refractivity contribution in [2.75, 3.05) is 0 Å². The third-order valence-corrected chi connectivity index (χ3v) is 0. The first-order valence-corrected chi connectivity index (χ1v) is 0. The van der Waals surface area contributed by atoms with Gasteiger partial charge in [0, 0.05) is 0 Å². The van der Waals surface area contributed by atoms with Gasteiger partial charge < -0.3 is 0 Å². The minimum Gasteiger partial charge on any atom is -0.114 e. The summed E-state index contributed by atoms with van der Waals surface area (Å²) in [6.45, 7) is 0. The van der Waals surface area contributed by atoms with Gasteiger partial charge in [-0.05, 0) is 0 Å². The molecule has 0 atom stereocenters. The molecule has 0 heterocycles. The number of halogens is 2. The van der Waals surface area contributed by atoms with Gasteiger partial charge >= 0.3 is 0 Å². The Labute approximate surface area is 49.1 Å².